The molecule has 212 valence electrons. The highest BCUT2D eigenvalue weighted by atomic mass is 19.4. The molecule has 1 unspecified atom stereocenters. The largest absolute Gasteiger partial charge is 0.416 e. The molecule has 41 heavy (non-hydrogen) atoms. The molecule has 8 heteroatoms. The standard InChI is InChI=1S/C33H32F3N3O2/c1-32(2)17-26-30(28(40)18-32)31(22-11-13-24(14-12-22)33(34,35)36)39(27-10-6-5-9-25(27)37-26)20-29(41)38-16-15-21-7-3-4-8-23(21)19-38/h3-14,31,37H,15-20H2,1-2H3. The highest BCUT2D eigenvalue weighted by molar-refractivity contribution is 6.02. The third-order valence-electron chi connectivity index (χ3n) is 8.35. The number of allylic oxidation sites excluding steroid dienone is 1. The van der Waals surface area contributed by atoms with Crippen LogP contribution in [0.5, 0.6) is 0 Å². The van der Waals surface area contributed by atoms with Gasteiger partial charge >= 0.3 is 6.18 Å². The zero-order valence-electron chi connectivity index (χ0n) is 23.1. The van der Waals surface area contributed by atoms with E-state index in [1.54, 1.807) is 0 Å². The summed E-state index contributed by atoms with van der Waals surface area (Å²) in [5.41, 5.74) is 4.59. The van der Waals surface area contributed by atoms with Crippen LogP contribution in [0.25, 0.3) is 0 Å². The van der Waals surface area contributed by atoms with E-state index in [9.17, 15) is 22.8 Å². The van der Waals surface area contributed by atoms with Crippen molar-refractivity contribution in [3.63, 3.8) is 0 Å². The number of Topliss-reactive ketones (excluding diaryl/α,β-unsaturated/α-hetero) is 1. The van der Waals surface area contributed by atoms with Crippen molar-refractivity contribution in [1.29, 1.82) is 0 Å². The first kappa shape index (κ1) is 27.1. The van der Waals surface area contributed by atoms with Crippen molar-refractivity contribution in [3.05, 3.63) is 106 Å². The van der Waals surface area contributed by atoms with Crippen LogP contribution < -0.4 is 10.2 Å². The number of para-hydroxylation sites is 2. The van der Waals surface area contributed by atoms with Crippen molar-refractivity contribution in [1.82, 2.24) is 4.90 Å². The first-order chi connectivity index (χ1) is 19.5. The minimum Gasteiger partial charge on any atom is -0.357 e. The fraction of sp³-hybridized carbons (Fsp3) is 0.333. The van der Waals surface area contributed by atoms with Gasteiger partial charge in [-0.1, -0.05) is 62.4 Å². The van der Waals surface area contributed by atoms with Gasteiger partial charge in [0, 0.05) is 30.8 Å². The Morgan fingerprint density at radius 3 is 2.37 bits per heavy atom. The Morgan fingerprint density at radius 2 is 1.63 bits per heavy atom. The number of fused-ring (bicyclic) bond motifs is 2. The molecule has 2 heterocycles. The number of hydrogen-bond acceptors (Lipinski definition) is 4. The number of anilines is 2. The van der Waals surface area contributed by atoms with Crippen molar-refractivity contribution >= 4 is 23.1 Å². The maximum Gasteiger partial charge on any atom is 0.416 e. The fourth-order valence-corrected chi connectivity index (χ4v) is 6.38. The molecule has 1 amide bonds. The van der Waals surface area contributed by atoms with E-state index in [-0.39, 0.29) is 23.7 Å². The summed E-state index contributed by atoms with van der Waals surface area (Å²) >= 11 is 0. The lowest BCUT2D eigenvalue weighted by Crippen LogP contribution is -2.45. The van der Waals surface area contributed by atoms with Gasteiger partial charge in [0.25, 0.3) is 0 Å². The molecule has 1 aliphatic carbocycles. The summed E-state index contributed by atoms with van der Waals surface area (Å²) in [5.74, 6) is -0.162. The van der Waals surface area contributed by atoms with Crippen molar-refractivity contribution in [3.8, 4) is 0 Å². The number of hydrogen-bond donors (Lipinski definition) is 1. The van der Waals surface area contributed by atoms with Gasteiger partial charge in [-0.25, -0.2) is 0 Å². The summed E-state index contributed by atoms with van der Waals surface area (Å²) in [6, 6.07) is 19.9. The minimum absolute atomic E-state index is 0.0278. The number of rotatable bonds is 3. The van der Waals surface area contributed by atoms with Crippen molar-refractivity contribution in [2.24, 2.45) is 5.41 Å². The lowest BCUT2D eigenvalue weighted by atomic mass is 9.73. The van der Waals surface area contributed by atoms with Gasteiger partial charge in [-0.05, 0) is 59.2 Å². The normalized spacial score (nSPS) is 20.0. The van der Waals surface area contributed by atoms with Gasteiger partial charge in [0.2, 0.25) is 5.91 Å². The average Bonchev–Trinajstić information content (AvgIpc) is 3.06. The SMILES string of the molecule is CC1(C)CC(=O)C2=C(C1)Nc1ccccc1N(CC(=O)N1CCc3ccccc3C1)C2c1ccc(C(F)(F)F)cc1. The average molecular weight is 560 g/mol. The van der Waals surface area contributed by atoms with Crippen LogP contribution in [0.4, 0.5) is 24.5 Å². The molecule has 3 aliphatic rings. The Kier molecular flexibility index (Phi) is 6.67. The summed E-state index contributed by atoms with van der Waals surface area (Å²) < 4.78 is 40.4. The first-order valence-electron chi connectivity index (χ1n) is 13.9. The van der Waals surface area contributed by atoms with Gasteiger partial charge in [-0.15, -0.1) is 0 Å². The Morgan fingerprint density at radius 1 is 0.951 bits per heavy atom. The Bertz CT molecular complexity index is 1540. The van der Waals surface area contributed by atoms with E-state index in [4.69, 9.17) is 0 Å². The van der Waals surface area contributed by atoms with Crippen LogP contribution in [0, 0.1) is 5.41 Å². The summed E-state index contributed by atoms with van der Waals surface area (Å²) in [4.78, 5) is 31.5. The molecule has 0 spiro atoms. The summed E-state index contributed by atoms with van der Waals surface area (Å²) in [6.45, 7) is 5.12. The molecule has 1 N–H and O–H groups in total. The molecule has 0 fully saturated rings. The molecule has 0 saturated carbocycles. The third kappa shape index (κ3) is 5.23. The summed E-state index contributed by atoms with van der Waals surface area (Å²) in [7, 11) is 0. The maximum absolute atomic E-state index is 13.9. The van der Waals surface area contributed by atoms with Crippen molar-refractivity contribution < 1.29 is 22.8 Å². The number of carbonyl (C=O) groups excluding carboxylic acids is 2. The van der Waals surface area contributed by atoms with Crippen LogP contribution >= 0.6 is 0 Å². The quantitative estimate of drug-likeness (QED) is 0.379. The molecule has 0 bridgehead atoms. The molecular formula is C33H32F3N3O2. The molecule has 3 aromatic rings. The molecule has 6 rings (SSSR count). The van der Waals surface area contributed by atoms with E-state index in [1.807, 2.05) is 66.1 Å². The predicted octanol–water partition coefficient (Wildman–Crippen LogP) is 6.91. The Hall–Kier alpha value is -4.07. The number of carbonyl (C=O) groups is 2. The fourth-order valence-electron chi connectivity index (χ4n) is 6.38. The van der Waals surface area contributed by atoms with E-state index in [2.05, 4.69) is 11.4 Å². The molecule has 2 aliphatic heterocycles. The topological polar surface area (TPSA) is 52.7 Å². The predicted molar refractivity (Wildman–Crippen MR) is 152 cm³/mol. The lowest BCUT2D eigenvalue weighted by molar-refractivity contribution is -0.137. The summed E-state index contributed by atoms with van der Waals surface area (Å²) in [6.07, 6.45) is -2.81. The highest BCUT2D eigenvalue weighted by Crippen LogP contribution is 2.48. The molecule has 5 nitrogen and oxygen atoms in total. The second-order valence-corrected chi connectivity index (χ2v) is 12.0. The van der Waals surface area contributed by atoms with Crippen LogP contribution in [0.15, 0.2) is 84.1 Å². The number of ketones is 1. The van der Waals surface area contributed by atoms with E-state index < -0.39 is 17.8 Å². The van der Waals surface area contributed by atoms with Gasteiger partial charge in [0.05, 0.1) is 29.5 Å². The molecule has 1 atom stereocenters. The number of nitrogens with zero attached hydrogens (tertiary/aromatic N) is 2. The van der Waals surface area contributed by atoms with Gasteiger partial charge in [-0.2, -0.15) is 13.2 Å². The van der Waals surface area contributed by atoms with Crippen LogP contribution in [0.2, 0.25) is 0 Å². The summed E-state index contributed by atoms with van der Waals surface area (Å²) in [5, 5.41) is 3.49. The van der Waals surface area contributed by atoms with E-state index in [0.29, 0.717) is 37.1 Å². The second kappa shape index (κ2) is 10.1. The second-order valence-electron chi connectivity index (χ2n) is 12.0. The number of amides is 1. The zero-order chi connectivity index (χ0) is 28.9. The number of alkyl halides is 3. The molecular weight excluding hydrogens is 527 g/mol. The van der Waals surface area contributed by atoms with Gasteiger partial charge in [-0.3, -0.25) is 9.59 Å². The van der Waals surface area contributed by atoms with Gasteiger partial charge < -0.3 is 15.1 Å². The Balaban J connectivity index is 1.45. The van der Waals surface area contributed by atoms with Crippen LogP contribution in [-0.4, -0.2) is 29.7 Å². The maximum atomic E-state index is 13.9. The van der Waals surface area contributed by atoms with E-state index in [1.165, 1.54) is 17.7 Å². The smallest absolute Gasteiger partial charge is 0.357 e. The van der Waals surface area contributed by atoms with E-state index >= 15 is 0 Å². The third-order valence-corrected chi connectivity index (χ3v) is 8.35. The van der Waals surface area contributed by atoms with Crippen molar-refractivity contribution in [2.75, 3.05) is 23.3 Å². The van der Waals surface area contributed by atoms with Crippen LogP contribution in [0.1, 0.15) is 55.0 Å². The molecule has 3 aromatic carbocycles. The first-order valence-corrected chi connectivity index (χ1v) is 13.9. The Labute approximate surface area is 237 Å². The molecule has 0 aromatic heterocycles. The van der Waals surface area contributed by atoms with Crippen LogP contribution in [0.3, 0.4) is 0 Å². The van der Waals surface area contributed by atoms with Crippen LogP contribution in [-0.2, 0) is 28.7 Å². The highest BCUT2D eigenvalue weighted by Gasteiger charge is 2.42. The lowest BCUT2D eigenvalue weighted by Gasteiger charge is -2.39. The zero-order valence-corrected chi connectivity index (χ0v) is 23.1. The number of benzene rings is 3. The number of nitrogens with one attached hydrogen (secondary N) is 1. The molecule has 0 radical (unpaired) electrons. The van der Waals surface area contributed by atoms with Gasteiger partial charge in [0.15, 0.2) is 5.78 Å². The minimum atomic E-state index is -4.48. The monoisotopic (exact) mass is 559 g/mol. The molecule has 0 saturated heterocycles. The van der Waals surface area contributed by atoms with E-state index in [0.717, 1.165) is 41.2 Å². The number of halogens is 3. The van der Waals surface area contributed by atoms with Gasteiger partial charge in [0.1, 0.15) is 0 Å². The van der Waals surface area contributed by atoms with Crippen molar-refractivity contribution in [2.45, 2.75) is 51.9 Å².